The number of halogens is 2. The molecule has 1 aromatic carbocycles. The van der Waals surface area contributed by atoms with Crippen LogP contribution in [0.5, 0.6) is 0 Å². The monoisotopic (exact) mass is 267 g/mol. The van der Waals surface area contributed by atoms with Gasteiger partial charge in [0.15, 0.2) is 0 Å². The molecule has 1 atom stereocenters. The van der Waals surface area contributed by atoms with E-state index in [0.29, 0.717) is 22.2 Å². The molecule has 1 N–H and O–H groups in total. The van der Waals surface area contributed by atoms with Gasteiger partial charge in [-0.2, -0.15) is 0 Å². The van der Waals surface area contributed by atoms with Crippen molar-refractivity contribution in [2.45, 2.75) is 12.5 Å². The Labute approximate surface area is 110 Å². The molecule has 0 saturated carbocycles. The van der Waals surface area contributed by atoms with Crippen molar-refractivity contribution in [3.05, 3.63) is 63.9 Å². The minimum atomic E-state index is -0.647. The summed E-state index contributed by atoms with van der Waals surface area (Å²) < 4.78 is 0. The average molecular weight is 268 g/mol. The third-order valence-electron chi connectivity index (χ3n) is 2.41. The van der Waals surface area contributed by atoms with E-state index in [2.05, 4.69) is 4.98 Å². The van der Waals surface area contributed by atoms with Crippen molar-refractivity contribution in [2.24, 2.45) is 0 Å². The zero-order chi connectivity index (χ0) is 12.3. The highest BCUT2D eigenvalue weighted by atomic mass is 35.5. The Hall–Kier alpha value is -1.09. The van der Waals surface area contributed by atoms with E-state index in [4.69, 9.17) is 23.2 Å². The summed E-state index contributed by atoms with van der Waals surface area (Å²) in [6.45, 7) is 0. The molecule has 2 rings (SSSR count). The van der Waals surface area contributed by atoms with Gasteiger partial charge in [0.1, 0.15) is 0 Å². The molecule has 0 fully saturated rings. The van der Waals surface area contributed by atoms with E-state index in [9.17, 15) is 5.11 Å². The Morgan fingerprint density at radius 3 is 2.59 bits per heavy atom. The number of aliphatic hydroxyl groups is 1. The quantitative estimate of drug-likeness (QED) is 0.921. The van der Waals surface area contributed by atoms with Gasteiger partial charge >= 0.3 is 0 Å². The molecule has 0 aliphatic carbocycles. The lowest BCUT2D eigenvalue weighted by atomic mass is 10.1. The van der Waals surface area contributed by atoms with Crippen LogP contribution in [0, 0.1) is 0 Å². The molecule has 88 valence electrons. The summed E-state index contributed by atoms with van der Waals surface area (Å²) in [5.74, 6) is 0. The second kappa shape index (κ2) is 5.50. The van der Waals surface area contributed by atoms with Crippen LogP contribution in [0.15, 0.2) is 42.6 Å². The van der Waals surface area contributed by atoms with E-state index in [1.54, 1.807) is 18.2 Å². The second-order valence-electron chi connectivity index (χ2n) is 3.75. The number of hydrogen-bond acceptors (Lipinski definition) is 2. The van der Waals surface area contributed by atoms with Gasteiger partial charge in [0, 0.05) is 17.6 Å². The summed E-state index contributed by atoms with van der Waals surface area (Å²) in [5, 5.41) is 11.2. The number of pyridine rings is 1. The number of aliphatic hydroxyl groups excluding tert-OH is 1. The van der Waals surface area contributed by atoms with Gasteiger partial charge in [0.2, 0.25) is 0 Å². The minimum Gasteiger partial charge on any atom is -0.386 e. The topological polar surface area (TPSA) is 33.1 Å². The zero-order valence-corrected chi connectivity index (χ0v) is 10.5. The Bertz CT molecular complexity index is 499. The molecule has 2 aromatic rings. The maximum absolute atomic E-state index is 10.0. The molecule has 0 aliphatic heterocycles. The lowest BCUT2D eigenvalue weighted by molar-refractivity contribution is 0.173. The molecule has 0 aliphatic rings. The molecule has 4 heteroatoms. The van der Waals surface area contributed by atoms with Crippen LogP contribution in [-0.4, -0.2) is 10.1 Å². The summed E-state index contributed by atoms with van der Waals surface area (Å²) in [5.41, 5.74) is 1.58. The maximum Gasteiger partial charge on any atom is 0.0999 e. The smallest absolute Gasteiger partial charge is 0.0999 e. The largest absolute Gasteiger partial charge is 0.386 e. The van der Waals surface area contributed by atoms with Crippen molar-refractivity contribution >= 4 is 23.2 Å². The van der Waals surface area contributed by atoms with Crippen molar-refractivity contribution in [3.63, 3.8) is 0 Å². The first-order valence-corrected chi connectivity index (χ1v) is 5.95. The van der Waals surface area contributed by atoms with E-state index >= 15 is 0 Å². The second-order valence-corrected chi connectivity index (χ2v) is 4.62. The molecule has 1 heterocycles. The zero-order valence-electron chi connectivity index (χ0n) is 8.98. The third kappa shape index (κ3) is 3.43. The fourth-order valence-electron chi connectivity index (χ4n) is 1.58. The van der Waals surface area contributed by atoms with E-state index in [1.165, 1.54) is 6.20 Å². The lowest BCUT2D eigenvalue weighted by Gasteiger charge is -2.10. The molecule has 0 bridgehead atoms. The normalized spacial score (nSPS) is 12.4. The van der Waals surface area contributed by atoms with Crippen molar-refractivity contribution in [1.29, 1.82) is 0 Å². The van der Waals surface area contributed by atoms with Crippen molar-refractivity contribution in [1.82, 2.24) is 4.98 Å². The Morgan fingerprint density at radius 2 is 1.94 bits per heavy atom. The van der Waals surface area contributed by atoms with Crippen LogP contribution in [0.4, 0.5) is 0 Å². The summed E-state index contributed by atoms with van der Waals surface area (Å²) in [6, 6.07) is 10.9. The number of benzene rings is 1. The highest BCUT2D eigenvalue weighted by molar-refractivity contribution is 6.30. The van der Waals surface area contributed by atoms with Crippen molar-refractivity contribution in [2.75, 3.05) is 0 Å². The summed E-state index contributed by atoms with van der Waals surface area (Å²) in [7, 11) is 0. The number of hydrogen-bond donors (Lipinski definition) is 1. The standard InChI is InChI=1S/C13H11Cl2NO/c14-10-3-1-2-9(6-10)7-13(17)12-5-4-11(15)8-16-12/h1-6,8,13,17H,7H2. The molecule has 0 saturated heterocycles. The van der Waals surface area contributed by atoms with Crippen LogP contribution in [0.1, 0.15) is 17.4 Å². The van der Waals surface area contributed by atoms with Crippen LogP contribution >= 0.6 is 23.2 Å². The number of rotatable bonds is 3. The predicted octanol–water partition coefficient (Wildman–Crippen LogP) is 3.66. The van der Waals surface area contributed by atoms with Crippen LogP contribution in [0.2, 0.25) is 10.0 Å². The van der Waals surface area contributed by atoms with E-state index in [-0.39, 0.29) is 0 Å². The SMILES string of the molecule is OC(Cc1cccc(Cl)c1)c1ccc(Cl)cn1. The van der Waals surface area contributed by atoms with Gasteiger partial charge < -0.3 is 5.11 Å². The first kappa shape index (κ1) is 12.4. The minimum absolute atomic E-state index is 0.481. The van der Waals surface area contributed by atoms with Gasteiger partial charge in [-0.05, 0) is 29.8 Å². The van der Waals surface area contributed by atoms with Gasteiger partial charge in [-0.25, -0.2) is 0 Å². The fourth-order valence-corrected chi connectivity index (χ4v) is 1.90. The van der Waals surface area contributed by atoms with Gasteiger partial charge in [0.25, 0.3) is 0 Å². The molecular formula is C13H11Cl2NO. The molecule has 0 radical (unpaired) electrons. The highest BCUT2D eigenvalue weighted by Gasteiger charge is 2.10. The van der Waals surface area contributed by atoms with E-state index < -0.39 is 6.10 Å². The first-order chi connectivity index (χ1) is 8.15. The Balaban J connectivity index is 2.11. The van der Waals surface area contributed by atoms with Gasteiger partial charge in [0.05, 0.1) is 16.8 Å². The molecule has 1 aromatic heterocycles. The summed E-state index contributed by atoms with van der Waals surface area (Å²) in [4.78, 5) is 4.08. The number of aromatic nitrogens is 1. The fraction of sp³-hybridized carbons (Fsp3) is 0.154. The predicted molar refractivity (Wildman–Crippen MR) is 69.4 cm³/mol. The maximum atomic E-state index is 10.0. The molecule has 0 amide bonds. The first-order valence-electron chi connectivity index (χ1n) is 5.19. The van der Waals surface area contributed by atoms with E-state index in [1.807, 2.05) is 18.2 Å². The van der Waals surface area contributed by atoms with Crippen LogP contribution in [-0.2, 0) is 6.42 Å². The van der Waals surface area contributed by atoms with Crippen LogP contribution < -0.4 is 0 Å². The third-order valence-corrected chi connectivity index (χ3v) is 2.87. The molecule has 0 spiro atoms. The van der Waals surface area contributed by atoms with Gasteiger partial charge in [-0.3, -0.25) is 4.98 Å². The molecule has 17 heavy (non-hydrogen) atoms. The van der Waals surface area contributed by atoms with Crippen LogP contribution in [0.3, 0.4) is 0 Å². The van der Waals surface area contributed by atoms with Crippen molar-refractivity contribution < 1.29 is 5.11 Å². The summed E-state index contributed by atoms with van der Waals surface area (Å²) in [6.07, 6.45) is 1.36. The van der Waals surface area contributed by atoms with Gasteiger partial charge in [-0.1, -0.05) is 35.3 Å². The van der Waals surface area contributed by atoms with Gasteiger partial charge in [-0.15, -0.1) is 0 Å². The van der Waals surface area contributed by atoms with Crippen LogP contribution in [0.25, 0.3) is 0 Å². The highest BCUT2D eigenvalue weighted by Crippen LogP contribution is 2.19. The summed E-state index contributed by atoms with van der Waals surface area (Å²) >= 11 is 11.6. The lowest BCUT2D eigenvalue weighted by Crippen LogP contribution is -2.03. The van der Waals surface area contributed by atoms with Crippen molar-refractivity contribution in [3.8, 4) is 0 Å². The molecular weight excluding hydrogens is 257 g/mol. The molecule has 2 nitrogen and oxygen atoms in total. The van der Waals surface area contributed by atoms with E-state index in [0.717, 1.165) is 5.56 Å². The number of nitrogens with zero attached hydrogens (tertiary/aromatic N) is 1. The average Bonchev–Trinajstić information content (AvgIpc) is 2.29. The Kier molecular flexibility index (Phi) is 4.00. The Morgan fingerprint density at radius 1 is 1.12 bits per heavy atom. The molecule has 1 unspecified atom stereocenters.